The van der Waals surface area contributed by atoms with Gasteiger partial charge in [0, 0.05) is 30.7 Å². The number of methoxy groups -OCH3 is 1. The quantitative estimate of drug-likeness (QED) is 0.794. The molecule has 1 unspecified atom stereocenters. The van der Waals surface area contributed by atoms with Gasteiger partial charge in [-0.2, -0.15) is 0 Å². The molecule has 1 aromatic carbocycles. The highest BCUT2D eigenvalue weighted by Gasteiger charge is 2.13. The van der Waals surface area contributed by atoms with E-state index in [4.69, 9.17) is 4.74 Å². The normalized spacial score (nSPS) is 13.2. The van der Waals surface area contributed by atoms with E-state index in [1.54, 1.807) is 7.11 Å². The second-order valence-electron chi connectivity index (χ2n) is 4.98. The van der Waals surface area contributed by atoms with Crippen molar-refractivity contribution < 1.29 is 9.84 Å². The lowest BCUT2D eigenvalue weighted by atomic mass is 10.1. The summed E-state index contributed by atoms with van der Waals surface area (Å²) in [5.41, 5.74) is 0.971. The summed E-state index contributed by atoms with van der Waals surface area (Å²) in [6.07, 6.45) is 0.334. The maximum atomic E-state index is 10.2. The number of aliphatic hydroxyl groups excluding tert-OH is 1. The predicted molar refractivity (Wildman–Crippen MR) is 82.3 cm³/mol. The summed E-state index contributed by atoms with van der Waals surface area (Å²) in [4.78, 5) is 2.32. The fourth-order valence-corrected chi connectivity index (χ4v) is 2.24. The van der Waals surface area contributed by atoms with Gasteiger partial charge in [-0.05, 0) is 38.0 Å². The van der Waals surface area contributed by atoms with E-state index in [1.165, 1.54) is 0 Å². The molecule has 0 aliphatic heterocycles. The van der Waals surface area contributed by atoms with Gasteiger partial charge in [0.05, 0.1) is 12.7 Å². The summed E-state index contributed by atoms with van der Waals surface area (Å²) in [7, 11) is 1.72. The van der Waals surface area contributed by atoms with Crippen LogP contribution in [0.15, 0.2) is 28.7 Å². The number of hydrogen-bond donors (Lipinski definition) is 1. The van der Waals surface area contributed by atoms with Crippen LogP contribution in [0.25, 0.3) is 0 Å². The minimum absolute atomic E-state index is 0.406. The summed E-state index contributed by atoms with van der Waals surface area (Å²) in [6, 6.07) is 8.31. The molecule has 0 radical (unpaired) electrons. The van der Waals surface area contributed by atoms with Crippen LogP contribution in [-0.2, 0) is 4.74 Å². The lowest BCUT2D eigenvalue weighted by molar-refractivity contribution is 0.102. The molecule has 3 nitrogen and oxygen atoms in total. The Kier molecular flexibility index (Phi) is 7.61. The Morgan fingerprint density at radius 1 is 1.21 bits per heavy atom. The summed E-state index contributed by atoms with van der Waals surface area (Å²) in [5, 5.41) is 10.2. The van der Waals surface area contributed by atoms with Crippen molar-refractivity contribution in [3.63, 3.8) is 0 Å². The molecule has 0 aliphatic rings. The second-order valence-corrected chi connectivity index (χ2v) is 5.89. The summed E-state index contributed by atoms with van der Waals surface area (Å²) in [5.74, 6) is 0. The maximum absolute atomic E-state index is 10.2. The fraction of sp³-hybridized carbons (Fsp3) is 0.600. The van der Waals surface area contributed by atoms with Crippen LogP contribution in [0.1, 0.15) is 31.9 Å². The molecule has 0 aliphatic carbocycles. The van der Waals surface area contributed by atoms with E-state index in [2.05, 4.69) is 34.7 Å². The van der Waals surface area contributed by atoms with Crippen molar-refractivity contribution in [3.8, 4) is 0 Å². The minimum Gasteiger partial charge on any atom is -0.388 e. The zero-order valence-electron chi connectivity index (χ0n) is 12.0. The molecule has 4 heteroatoms. The molecule has 0 saturated heterocycles. The first-order valence-corrected chi connectivity index (χ1v) is 7.50. The minimum atomic E-state index is -0.406. The zero-order chi connectivity index (χ0) is 14.3. The molecule has 108 valence electrons. The average molecular weight is 330 g/mol. The highest BCUT2D eigenvalue weighted by molar-refractivity contribution is 9.10. The number of nitrogens with zero attached hydrogens (tertiary/aromatic N) is 1. The van der Waals surface area contributed by atoms with E-state index in [-0.39, 0.29) is 0 Å². The van der Waals surface area contributed by atoms with Crippen molar-refractivity contribution in [1.82, 2.24) is 4.90 Å². The first kappa shape index (κ1) is 16.6. The number of halogens is 1. The number of ether oxygens (including phenoxy) is 1. The molecule has 1 rings (SSSR count). The van der Waals surface area contributed by atoms with Crippen LogP contribution in [0.4, 0.5) is 0 Å². The summed E-state index contributed by atoms with van der Waals surface area (Å²) in [6.45, 7) is 6.84. The van der Waals surface area contributed by atoms with Gasteiger partial charge in [0.1, 0.15) is 0 Å². The van der Waals surface area contributed by atoms with Crippen LogP contribution in [0.2, 0.25) is 0 Å². The number of rotatable bonds is 8. The van der Waals surface area contributed by atoms with E-state index in [0.717, 1.165) is 36.2 Å². The average Bonchev–Trinajstić information content (AvgIpc) is 2.39. The molecule has 19 heavy (non-hydrogen) atoms. The molecule has 0 amide bonds. The molecule has 0 heterocycles. The van der Waals surface area contributed by atoms with Gasteiger partial charge < -0.3 is 9.84 Å². The highest BCUT2D eigenvalue weighted by Crippen LogP contribution is 2.20. The molecule has 1 atom stereocenters. The first-order valence-electron chi connectivity index (χ1n) is 6.71. The smallest absolute Gasteiger partial charge is 0.0802 e. The third kappa shape index (κ3) is 6.04. The third-order valence-corrected chi connectivity index (χ3v) is 3.79. The van der Waals surface area contributed by atoms with Crippen molar-refractivity contribution >= 4 is 15.9 Å². The van der Waals surface area contributed by atoms with Crippen LogP contribution < -0.4 is 0 Å². The van der Waals surface area contributed by atoms with E-state index >= 15 is 0 Å². The Hall–Kier alpha value is -0.420. The van der Waals surface area contributed by atoms with Gasteiger partial charge in [0.25, 0.3) is 0 Å². The number of aliphatic hydroxyl groups is 1. The Balaban J connectivity index is 2.46. The molecule has 1 aromatic rings. The van der Waals surface area contributed by atoms with Gasteiger partial charge >= 0.3 is 0 Å². The topological polar surface area (TPSA) is 32.7 Å². The van der Waals surface area contributed by atoms with Crippen molar-refractivity contribution in [2.75, 3.05) is 26.8 Å². The van der Waals surface area contributed by atoms with E-state index < -0.39 is 6.10 Å². The van der Waals surface area contributed by atoms with Crippen LogP contribution >= 0.6 is 15.9 Å². The van der Waals surface area contributed by atoms with Crippen LogP contribution in [-0.4, -0.2) is 42.9 Å². The second kappa shape index (κ2) is 8.69. The van der Waals surface area contributed by atoms with Crippen molar-refractivity contribution in [1.29, 1.82) is 0 Å². The van der Waals surface area contributed by atoms with E-state index in [1.807, 2.05) is 24.3 Å². The Morgan fingerprint density at radius 3 is 2.37 bits per heavy atom. The molecule has 0 aromatic heterocycles. The van der Waals surface area contributed by atoms with Gasteiger partial charge in [-0.25, -0.2) is 0 Å². The summed E-state index contributed by atoms with van der Waals surface area (Å²) >= 11 is 3.40. The van der Waals surface area contributed by atoms with Gasteiger partial charge in [-0.3, -0.25) is 4.90 Å². The molecule has 0 bridgehead atoms. The van der Waals surface area contributed by atoms with Crippen LogP contribution in [0.3, 0.4) is 0 Å². The zero-order valence-corrected chi connectivity index (χ0v) is 13.6. The van der Waals surface area contributed by atoms with Crippen molar-refractivity contribution in [3.05, 3.63) is 34.3 Å². The van der Waals surface area contributed by atoms with E-state index in [9.17, 15) is 5.11 Å². The van der Waals surface area contributed by atoms with Gasteiger partial charge in [-0.15, -0.1) is 0 Å². The van der Waals surface area contributed by atoms with Gasteiger partial charge in [0.15, 0.2) is 0 Å². The standard InChI is InChI=1S/C15H24BrNO2/c1-12(2)17(10-11-19-3)9-8-15(18)13-4-6-14(16)7-5-13/h4-7,12,15,18H,8-11H2,1-3H3. The van der Waals surface area contributed by atoms with Crippen LogP contribution in [0, 0.1) is 0 Å². The maximum Gasteiger partial charge on any atom is 0.0802 e. The van der Waals surface area contributed by atoms with Crippen LogP contribution in [0.5, 0.6) is 0 Å². The van der Waals surface area contributed by atoms with Crippen molar-refractivity contribution in [2.45, 2.75) is 32.4 Å². The number of benzene rings is 1. The predicted octanol–water partition coefficient (Wildman–Crippen LogP) is 3.23. The lowest BCUT2D eigenvalue weighted by Gasteiger charge is -2.27. The van der Waals surface area contributed by atoms with Gasteiger partial charge in [0.2, 0.25) is 0 Å². The molecular weight excluding hydrogens is 306 g/mol. The molecule has 0 fully saturated rings. The Labute approximate surface area is 124 Å². The van der Waals surface area contributed by atoms with E-state index in [0.29, 0.717) is 6.04 Å². The largest absolute Gasteiger partial charge is 0.388 e. The SMILES string of the molecule is COCCN(CCC(O)c1ccc(Br)cc1)C(C)C. The molecule has 0 saturated carbocycles. The fourth-order valence-electron chi connectivity index (χ4n) is 1.98. The molecular formula is C15H24BrNO2. The third-order valence-electron chi connectivity index (χ3n) is 3.26. The molecule has 1 N–H and O–H groups in total. The first-order chi connectivity index (χ1) is 9.04. The van der Waals surface area contributed by atoms with Crippen molar-refractivity contribution in [2.24, 2.45) is 0 Å². The Bertz CT molecular complexity index is 354. The lowest BCUT2D eigenvalue weighted by Crippen LogP contribution is -2.35. The number of hydrogen-bond acceptors (Lipinski definition) is 3. The molecule has 0 spiro atoms. The Morgan fingerprint density at radius 2 is 1.84 bits per heavy atom. The highest BCUT2D eigenvalue weighted by atomic mass is 79.9. The monoisotopic (exact) mass is 329 g/mol. The van der Waals surface area contributed by atoms with Gasteiger partial charge in [-0.1, -0.05) is 28.1 Å². The summed E-state index contributed by atoms with van der Waals surface area (Å²) < 4.78 is 6.15.